The number of nitrogens with one attached hydrogen (secondary N) is 1. The zero-order valence-electron chi connectivity index (χ0n) is 15.8. The lowest BCUT2D eigenvalue weighted by Crippen LogP contribution is -2.28. The summed E-state index contributed by atoms with van der Waals surface area (Å²) in [5.74, 6) is -0.429. The van der Waals surface area contributed by atoms with Gasteiger partial charge in [-0.05, 0) is 41.5 Å². The van der Waals surface area contributed by atoms with Crippen LogP contribution in [0.1, 0.15) is 28.9 Å². The van der Waals surface area contributed by atoms with E-state index in [2.05, 4.69) is 5.32 Å². The molecule has 146 valence electrons. The number of carbonyl (C=O) groups is 1. The normalized spacial score (nSPS) is 12.9. The molecule has 1 atom stereocenters. The molecule has 1 amide bonds. The maximum absolute atomic E-state index is 12.8. The van der Waals surface area contributed by atoms with E-state index in [0.717, 1.165) is 20.6 Å². The average molecular weight is 417 g/mol. The molecule has 3 aromatic carbocycles. The molecule has 1 N–H and O–H groups in total. The summed E-state index contributed by atoms with van der Waals surface area (Å²) in [6, 6.07) is 17.7. The van der Waals surface area contributed by atoms with Crippen molar-refractivity contribution in [1.82, 2.24) is 9.62 Å². The number of nitrogens with zero attached hydrogens (tertiary/aromatic N) is 1. The lowest BCUT2D eigenvalue weighted by Gasteiger charge is -2.18. The van der Waals surface area contributed by atoms with Crippen molar-refractivity contribution >= 4 is 38.3 Å². The maximum Gasteiger partial charge on any atom is 0.253 e. The van der Waals surface area contributed by atoms with E-state index in [4.69, 9.17) is 11.6 Å². The monoisotopic (exact) mass is 416 g/mol. The molecule has 0 radical (unpaired) electrons. The van der Waals surface area contributed by atoms with Crippen LogP contribution in [0, 0.1) is 0 Å². The van der Waals surface area contributed by atoms with E-state index in [1.54, 1.807) is 0 Å². The van der Waals surface area contributed by atoms with E-state index in [1.807, 2.05) is 49.4 Å². The maximum atomic E-state index is 12.8. The first-order chi connectivity index (χ1) is 13.2. The molecule has 0 fully saturated rings. The van der Waals surface area contributed by atoms with Crippen molar-refractivity contribution in [3.63, 3.8) is 0 Å². The number of sulfonamides is 1. The second-order valence-electron chi connectivity index (χ2n) is 6.69. The fourth-order valence-electron chi connectivity index (χ4n) is 3.03. The second-order valence-corrected chi connectivity index (χ2v) is 9.25. The lowest BCUT2D eigenvalue weighted by molar-refractivity contribution is 0.0940. The quantitative estimate of drug-likeness (QED) is 0.676. The Labute approximate surface area is 170 Å². The van der Waals surface area contributed by atoms with Gasteiger partial charge in [0.05, 0.1) is 21.5 Å². The number of hydrogen-bond acceptors (Lipinski definition) is 3. The Morgan fingerprint density at radius 3 is 2.43 bits per heavy atom. The Bertz CT molecular complexity index is 1140. The van der Waals surface area contributed by atoms with Crippen LogP contribution in [0.2, 0.25) is 5.02 Å². The molecule has 0 unspecified atom stereocenters. The summed E-state index contributed by atoms with van der Waals surface area (Å²) in [6.45, 7) is 1.88. The highest BCUT2D eigenvalue weighted by Gasteiger charge is 2.22. The Morgan fingerprint density at radius 1 is 1.04 bits per heavy atom. The fourth-order valence-corrected chi connectivity index (χ4v) is 4.16. The molecule has 0 aliphatic heterocycles. The molecule has 0 aliphatic carbocycles. The van der Waals surface area contributed by atoms with Gasteiger partial charge >= 0.3 is 0 Å². The van der Waals surface area contributed by atoms with Gasteiger partial charge in [0.2, 0.25) is 10.0 Å². The van der Waals surface area contributed by atoms with Gasteiger partial charge in [0.1, 0.15) is 0 Å². The third-order valence-electron chi connectivity index (χ3n) is 4.60. The number of benzene rings is 3. The second kappa shape index (κ2) is 7.91. The minimum absolute atomic E-state index is 0.0184. The largest absolute Gasteiger partial charge is 0.345 e. The molecule has 28 heavy (non-hydrogen) atoms. The van der Waals surface area contributed by atoms with Crippen molar-refractivity contribution in [2.24, 2.45) is 0 Å². The summed E-state index contributed by atoms with van der Waals surface area (Å²) in [5, 5.41) is 5.25. The van der Waals surface area contributed by atoms with Crippen LogP contribution in [0.3, 0.4) is 0 Å². The molecule has 0 saturated carbocycles. The molecule has 0 spiro atoms. The zero-order chi connectivity index (χ0) is 20.5. The van der Waals surface area contributed by atoms with Crippen LogP contribution in [0.15, 0.2) is 65.6 Å². The summed E-state index contributed by atoms with van der Waals surface area (Å²) < 4.78 is 25.8. The van der Waals surface area contributed by atoms with Crippen LogP contribution in [0.4, 0.5) is 0 Å². The zero-order valence-corrected chi connectivity index (χ0v) is 17.4. The van der Waals surface area contributed by atoms with Crippen molar-refractivity contribution in [3.8, 4) is 0 Å². The van der Waals surface area contributed by atoms with Gasteiger partial charge in [-0.3, -0.25) is 4.79 Å². The van der Waals surface area contributed by atoms with E-state index in [-0.39, 0.29) is 21.5 Å². The molecule has 0 aliphatic rings. The Balaban J connectivity index is 1.93. The molecule has 7 heteroatoms. The predicted octanol–water partition coefficient (Wildman–Crippen LogP) is 4.23. The van der Waals surface area contributed by atoms with Gasteiger partial charge in [-0.15, -0.1) is 0 Å². The lowest BCUT2D eigenvalue weighted by atomic mass is 9.99. The first-order valence-corrected chi connectivity index (χ1v) is 10.5. The SMILES string of the molecule is C[C@@H](NC(=O)c1cc(S(=O)(=O)N(C)C)ccc1Cl)c1cccc2ccccc12. The molecule has 5 nitrogen and oxygen atoms in total. The van der Waals surface area contributed by atoms with E-state index in [0.29, 0.717) is 0 Å². The van der Waals surface area contributed by atoms with Crippen LogP contribution >= 0.6 is 11.6 Å². The summed E-state index contributed by atoms with van der Waals surface area (Å²) in [4.78, 5) is 12.8. The highest BCUT2D eigenvalue weighted by atomic mass is 35.5. The minimum atomic E-state index is -3.66. The highest BCUT2D eigenvalue weighted by Crippen LogP contribution is 2.26. The topological polar surface area (TPSA) is 66.5 Å². The Kier molecular flexibility index (Phi) is 5.74. The van der Waals surface area contributed by atoms with Gasteiger partial charge in [-0.1, -0.05) is 54.1 Å². The van der Waals surface area contributed by atoms with Crippen LogP contribution in [-0.2, 0) is 10.0 Å². The van der Waals surface area contributed by atoms with Crippen molar-refractivity contribution in [1.29, 1.82) is 0 Å². The Morgan fingerprint density at radius 2 is 1.71 bits per heavy atom. The number of fused-ring (bicyclic) bond motifs is 1. The third-order valence-corrected chi connectivity index (χ3v) is 6.74. The molecule has 0 heterocycles. The molecule has 0 aromatic heterocycles. The van der Waals surface area contributed by atoms with Crippen molar-refractivity contribution in [3.05, 3.63) is 76.8 Å². The molecular formula is C21H21ClN2O3S. The van der Waals surface area contributed by atoms with Gasteiger partial charge < -0.3 is 5.32 Å². The van der Waals surface area contributed by atoms with Crippen LogP contribution in [-0.4, -0.2) is 32.7 Å². The summed E-state index contributed by atoms with van der Waals surface area (Å²) in [7, 11) is -0.791. The van der Waals surface area contributed by atoms with Crippen molar-refractivity contribution in [2.75, 3.05) is 14.1 Å². The van der Waals surface area contributed by atoms with Crippen LogP contribution in [0.25, 0.3) is 10.8 Å². The third kappa shape index (κ3) is 3.90. The number of halogens is 1. The summed E-state index contributed by atoms with van der Waals surface area (Å²) in [5.41, 5.74) is 1.09. The number of carbonyl (C=O) groups excluding carboxylic acids is 1. The predicted molar refractivity (Wildman–Crippen MR) is 112 cm³/mol. The van der Waals surface area contributed by atoms with Gasteiger partial charge in [0.15, 0.2) is 0 Å². The fraction of sp³-hybridized carbons (Fsp3) is 0.190. The van der Waals surface area contributed by atoms with Gasteiger partial charge in [-0.2, -0.15) is 0 Å². The van der Waals surface area contributed by atoms with E-state index in [9.17, 15) is 13.2 Å². The molecule has 0 saturated heterocycles. The van der Waals surface area contributed by atoms with Gasteiger partial charge in [-0.25, -0.2) is 12.7 Å². The molecule has 0 bridgehead atoms. The average Bonchev–Trinajstić information content (AvgIpc) is 2.67. The van der Waals surface area contributed by atoms with E-state index in [1.165, 1.54) is 32.3 Å². The smallest absolute Gasteiger partial charge is 0.253 e. The molecule has 3 rings (SSSR count). The van der Waals surface area contributed by atoms with Crippen molar-refractivity contribution < 1.29 is 13.2 Å². The van der Waals surface area contributed by atoms with E-state index < -0.39 is 15.9 Å². The number of amides is 1. The van der Waals surface area contributed by atoms with Gasteiger partial charge in [0, 0.05) is 14.1 Å². The summed E-state index contributed by atoms with van der Waals surface area (Å²) in [6.07, 6.45) is 0. The highest BCUT2D eigenvalue weighted by molar-refractivity contribution is 7.89. The van der Waals surface area contributed by atoms with Crippen LogP contribution < -0.4 is 5.32 Å². The van der Waals surface area contributed by atoms with Crippen molar-refractivity contribution in [2.45, 2.75) is 17.9 Å². The molecule has 3 aromatic rings. The van der Waals surface area contributed by atoms with E-state index >= 15 is 0 Å². The number of rotatable bonds is 5. The van der Waals surface area contributed by atoms with Crippen LogP contribution in [0.5, 0.6) is 0 Å². The summed E-state index contributed by atoms with van der Waals surface area (Å²) >= 11 is 6.18. The Hall–Kier alpha value is -2.41. The first kappa shape index (κ1) is 20.3. The first-order valence-electron chi connectivity index (χ1n) is 8.72. The number of hydrogen-bond donors (Lipinski definition) is 1. The minimum Gasteiger partial charge on any atom is -0.345 e. The standard InChI is InChI=1S/C21H21ClN2O3S/c1-14(17-10-6-8-15-7-4-5-9-18(15)17)23-21(25)19-13-16(11-12-20(19)22)28(26,27)24(2)3/h4-14H,1-3H3,(H,23,25)/t14-/m1/s1. The molecular weight excluding hydrogens is 396 g/mol. The van der Waals surface area contributed by atoms with Gasteiger partial charge in [0.25, 0.3) is 5.91 Å².